The molecule has 0 aliphatic rings. The van der Waals surface area contributed by atoms with Gasteiger partial charge < -0.3 is 5.32 Å². The van der Waals surface area contributed by atoms with Crippen molar-refractivity contribution in [2.24, 2.45) is 0 Å². The molecule has 4 aromatic rings. The summed E-state index contributed by atoms with van der Waals surface area (Å²) in [5.74, 6) is -0.547. The minimum atomic E-state index is -4.57. The molecular formula is C22H18F3N5O2. The summed E-state index contributed by atoms with van der Waals surface area (Å²) in [6, 6.07) is 9.90. The Morgan fingerprint density at radius 2 is 1.97 bits per heavy atom. The first-order chi connectivity index (χ1) is 15.2. The second-order valence-electron chi connectivity index (χ2n) is 7.19. The Morgan fingerprint density at radius 3 is 2.69 bits per heavy atom. The molecule has 0 fully saturated rings. The predicted octanol–water partition coefficient (Wildman–Crippen LogP) is 3.94. The molecule has 0 unspecified atom stereocenters. The Morgan fingerprint density at radius 1 is 1.16 bits per heavy atom. The van der Waals surface area contributed by atoms with Crippen molar-refractivity contribution < 1.29 is 18.0 Å². The zero-order chi connectivity index (χ0) is 22.9. The molecule has 2 aromatic heterocycles. The minimum Gasteiger partial charge on any atom is -0.324 e. The molecule has 4 rings (SSSR count). The first-order valence-corrected chi connectivity index (χ1v) is 9.70. The molecule has 0 atom stereocenters. The fraction of sp³-hybridized carbons (Fsp3) is 0.182. The average molecular weight is 441 g/mol. The van der Waals surface area contributed by atoms with Gasteiger partial charge in [-0.05, 0) is 42.8 Å². The highest BCUT2D eigenvalue weighted by Crippen LogP contribution is 2.33. The van der Waals surface area contributed by atoms with Crippen LogP contribution in [0, 0.1) is 6.92 Å². The zero-order valence-corrected chi connectivity index (χ0v) is 16.9. The lowest BCUT2D eigenvalue weighted by Gasteiger charge is -2.15. The van der Waals surface area contributed by atoms with Crippen molar-refractivity contribution in [1.29, 1.82) is 0 Å². The lowest BCUT2D eigenvalue weighted by atomic mass is 10.1. The molecular weight excluding hydrogens is 423 g/mol. The first kappa shape index (κ1) is 21.3. The van der Waals surface area contributed by atoms with Gasteiger partial charge in [0.25, 0.3) is 5.56 Å². The van der Waals surface area contributed by atoms with Crippen LogP contribution in [0.15, 0.2) is 66.0 Å². The highest BCUT2D eigenvalue weighted by molar-refractivity contribution is 5.93. The van der Waals surface area contributed by atoms with Gasteiger partial charge in [-0.1, -0.05) is 12.1 Å². The number of carbonyl (C=O) groups excluding carboxylic acids is 1. The highest BCUT2D eigenvalue weighted by atomic mass is 19.4. The summed E-state index contributed by atoms with van der Waals surface area (Å²) in [5.41, 5.74) is 0.521. The summed E-state index contributed by atoms with van der Waals surface area (Å²) in [4.78, 5) is 29.5. The number of para-hydroxylation sites is 1. The van der Waals surface area contributed by atoms with Gasteiger partial charge >= 0.3 is 6.18 Å². The van der Waals surface area contributed by atoms with Crippen molar-refractivity contribution in [2.45, 2.75) is 26.1 Å². The van der Waals surface area contributed by atoms with E-state index in [-0.39, 0.29) is 29.9 Å². The predicted molar refractivity (Wildman–Crippen MR) is 113 cm³/mol. The molecule has 0 saturated carbocycles. The molecule has 0 spiro atoms. The average Bonchev–Trinajstić information content (AvgIpc) is 3.28. The van der Waals surface area contributed by atoms with Crippen LogP contribution in [-0.4, -0.2) is 25.2 Å². The van der Waals surface area contributed by atoms with Gasteiger partial charge in [0.15, 0.2) is 0 Å². The Kier molecular flexibility index (Phi) is 5.52. The number of anilines is 1. The van der Waals surface area contributed by atoms with Crippen molar-refractivity contribution in [2.75, 3.05) is 5.32 Å². The topological polar surface area (TPSA) is 81.8 Å². The lowest BCUT2D eigenvalue weighted by Crippen LogP contribution is -2.24. The monoisotopic (exact) mass is 441 g/mol. The van der Waals surface area contributed by atoms with Crippen molar-refractivity contribution in [3.8, 4) is 5.69 Å². The number of benzene rings is 2. The molecule has 164 valence electrons. The first-order valence-electron chi connectivity index (χ1n) is 9.70. The quantitative estimate of drug-likeness (QED) is 0.509. The van der Waals surface area contributed by atoms with E-state index in [0.29, 0.717) is 10.9 Å². The van der Waals surface area contributed by atoms with E-state index in [0.717, 1.165) is 17.7 Å². The second-order valence-corrected chi connectivity index (χ2v) is 7.19. The smallest absolute Gasteiger partial charge is 0.324 e. The summed E-state index contributed by atoms with van der Waals surface area (Å²) >= 11 is 0. The van der Waals surface area contributed by atoms with E-state index in [1.807, 2.05) is 13.0 Å². The summed E-state index contributed by atoms with van der Waals surface area (Å²) in [7, 11) is 0. The molecule has 0 radical (unpaired) electrons. The van der Waals surface area contributed by atoms with Crippen LogP contribution in [0.3, 0.4) is 0 Å². The number of amides is 1. The van der Waals surface area contributed by atoms with Crippen LogP contribution in [0.4, 0.5) is 18.9 Å². The van der Waals surface area contributed by atoms with Gasteiger partial charge in [0, 0.05) is 25.4 Å². The summed E-state index contributed by atoms with van der Waals surface area (Å²) in [5, 5.41) is 6.97. The number of hydrogen-bond acceptors (Lipinski definition) is 4. The van der Waals surface area contributed by atoms with Crippen LogP contribution in [-0.2, 0) is 17.5 Å². The van der Waals surface area contributed by atoms with Gasteiger partial charge in [0.2, 0.25) is 5.91 Å². The van der Waals surface area contributed by atoms with E-state index in [1.165, 1.54) is 27.8 Å². The number of alkyl halides is 3. The third-order valence-corrected chi connectivity index (χ3v) is 4.98. The van der Waals surface area contributed by atoms with Gasteiger partial charge in [0.1, 0.15) is 0 Å². The second kappa shape index (κ2) is 8.29. The molecule has 10 heteroatoms. The lowest BCUT2D eigenvalue weighted by molar-refractivity contribution is -0.137. The van der Waals surface area contributed by atoms with Crippen molar-refractivity contribution in [3.05, 3.63) is 82.7 Å². The molecule has 0 aliphatic heterocycles. The van der Waals surface area contributed by atoms with Gasteiger partial charge in [-0.3, -0.25) is 14.2 Å². The standard InChI is InChI=1S/C22H18F3N5O2/c1-14-4-2-5-16-20(14)26-13-29(21(16)32)11-8-19(31)28-17-12-15(22(23,24)25)6-7-18(17)30-10-3-9-27-30/h2-7,9-10,12-13H,8,11H2,1H3,(H,28,31). The van der Waals surface area contributed by atoms with Crippen LogP contribution in [0.25, 0.3) is 16.6 Å². The summed E-state index contributed by atoms with van der Waals surface area (Å²) in [6.45, 7) is 1.87. The largest absolute Gasteiger partial charge is 0.416 e. The Bertz CT molecular complexity index is 1340. The Balaban J connectivity index is 1.56. The number of carbonyl (C=O) groups is 1. The van der Waals surface area contributed by atoms with Crippen molar-refractivity contribution in [1.82, 2.24) is 19.3 Å². The van der Waals surface area contributed by atoms with E-state index in [2.05, 4.69) is 15.4 Å². The number of nitrogens with one attached hydrogen (secondary N) is 1. The number of hydrogen-bond donors (Lipinski definition) is 1. The minimum absolute atomic E-state index is 0.0254. The number of rotatable bonds is 5. The van der Waals surface area contributed by atoms with Crippen molar-refractivity contribution in [3.63, 3.8) is 0 Å². The van der Waals surface area contributed by atoms with E-state index < -0.39 is 17.6 Å². The zero-order valence-electron chi connectivity index (χ0n) is 16.9. The maximum Gasteiger partial charge on any atom is 0.416 e. The van der Waals surface area contributed by atoms with E-state index >= 15 is 0 Å². The summed E-state index contributed by atoms with van der Waals surface area (Å²) < 4.78 is 42.2. The molecule has 0 aliphatic carbocycles. The SMILES string of the molecule is Cc1cccc2c(=O)n(CCC(=O)Nc3cc(C(F)(F)F)ccc3-n3cccn3)cnc12. The molecule has 7 nitrogen and oxygen atoms in total. The van der Waals surface area contributed by atoms with Crippen molar-refractivity contribution >= 4 is 22.5 Å². The fourth-order valence-corrected chi connectivity index (χ4v) is 3.36. The number of nitrogens with zero attached hydrogens (tertiary/aromatic N) is 4. The Labute approximate surface area is 180 Å². The molecule has 1 N–H and O–H groups in total. The number of aryl methyl sites for hydroxylation is 2. The number of halogens is 3. The van der Waals surface area contributed by atoms with Crippen LogP contribution < -0.4 is 10.9 Å². The van der Waals surface area contributed by atoms with Gasteiger partial charge in [-0.2, -0.15) is 18.3 Å². The highest BCUT2D eigenvalue weighted by Gasteiger charge is 2.31. The third-order valence-electron chi connectivity index (χ3n) is 4.98. The normalized spacial score (nSPS) is 11.6. The van der Waals surface area contributed by atoms with Crippen LogP contribution in [0.5, 0.6) is 0 Å². The summed E-state index contributed by atoms with van der Waals surface area (Å²) in [6.07, 6.45) is -0.299. The van der Waals surface area contributed by atoms with E-state index in [9.17, 15) is 22.8 Å². The molecule has 0 bridgehead atoms. The number of aromatic nitrogens is 4. The van der Waals surface area contributed by atoms with Gasteiger partial charge in [-0.15, -0.1) is 0 Å². The molecule has 1 amide bonds. The Hall–Kier alpha value is -3.95. The van der Waals surface area contributed by atoms with Crippen LogP contribution in [0.2, 0.25) is 0 Å². The van der Waals surface area contributed by atoms with E-state index in [4.69, 9.17) is 0 Å². The maximum atomic E-state index is 13.2. The van der Waals surface area contributed by atoms with Gasteiger partial charge in [0.05, 0.1) is 34.2 Å². The number of fused-ring (bicyclic) bond motifs is 1. The van der Waals surface area contributed by atoms with Crippen LogP contribution in [0.1, 0.15) is 17.5 Å². The van der Waals surface area contributed by atoms with E-state index in [1.54, 1.807) is 24.4 Å². The fourth-order valence-electron chi connectivity index (χ4n) is 3.36. The molecule has 2 aromatic carbocycles. The third kappa shape index (κ3) is 4.25. The van der Waals surface area contributed by atoms with Gasteiger partial charge in [-0.25, -0.2) is 9.67 Å². The molecule has 0 saturated heterocycles. The molecule has 32 heavy (non-hydrogen) atoms. The molecule has 2 heterocycles. The van der Waals surface area contributed by atoms with Crippen LogP contribution >= 0.6 is 0 Å². The maximum absolute atomic E-state index is 13.2.